The van der Waals surface area contributed by atoms with Gasteiger partial charge in [-0.3, -0.25) is 9.69 Å². The summed E-state index contributed by atoms with van der Waals surface area (Å²) in [5.41, 5.74) is 5.43. The molecule has 5 heteroatoms. The van der Waals surface area contributed by atoms with Crippen LogP contribution in [0.15, 0.2) is 59.2 Å². The second-order valence-corrected chi connectivity index (χ2v) is 8.07. The number of anilines is 1. The third-order valence-corrected chi connectivity index (χ3v) is 6.05. The number of aromatic nitrogens is 1. The molecule has 0 fully saturated rings. The second-order valence-electron chi connectivity index (χ2n) is 7.10. The van der Waals surface area contributed by atoms with E-state index in [0.29, 0.717) is 18.1 Å². The minimum Gasteiger partial charge on any atom is -0.467 e. The molecule has 28 heavy (non-hydrogen) atoms. The molecular formula is C23H22N2O2S. The zero-order valence-corrected chi connectivity index (χ0v) is 17.0. The number of amides is 1. The third-order valence-electron chi connectivity index (χ3n) is 4.83. The van der Waals surface area contributed by atoms with Crippen molar-refractivity contribution in [3.63, 3.8) is 0 Å². The standard InChI is InChI=1S/C23H22N2O2S/c1-15-6-10-18(11-7-15)13-20(26)25(14-19-5-4-12-27-19)23-24-21-16(2)8-9-17(3)22(21)28-23/h4-12H,13-14H2,1-3H3. The van der Waals surface area contributed by atoms with Crippen molar-refractivity contribution >= 4 is 32.6 Å². The number of aryl methyl sites for hydroxylation is 3. The van der Waals surface area contributed by atoms with Crippen LogP contribution in [0.5, 0.6) is 0 Å². The number of carbonyl (C=O) groups is 1. The van der Waals surface area contributed by atoms with E-state index in [0.717, 1.165) is 27.1 Å². The molecule has 142 valence electrons. The Morgan fingerprint density at radius 3 is 2.46 bits per heavy atom. The number of benzene rings is 2. The first-order valence-electron chi connectivity index (χ1n) is 9.26. The molecular weight excluding hydrogens is 368 g/mol. The van der Waals surface area contributed by atoms with Gasteiger partial charge in [-0.2, -0.15) is 0 Å². The van der Waals surface area contributed by atoms with E-state index in [-0.39, 0.29) is 5.91 Å². The Bertz CT molecular complexity index is 1070. The van der Waals surface area contributed by atoms with Crippen LogP contribution in [0.4, 0.5) is 5.13 Å². The summed E-state index contributed by atoms with van der Waals surface area (Å²) in [5.74, 6) is 0.750. The highest BCUT2D eigenvalue weighted by Gasteiger charge is 2.22. The highest BCUT2D eigenvalue weighted by atomic mass is 32.1. The van der Waals surface area contributed by atoms with Gasteiger partial charge in [0.05, 0.1) is 29.4 Å². The maximum atomic E-state index is 13.2. The number of furan rings is 1. The molecule has 0 bridgehead atoms. The summed E-state index contributed by atoms with van der Waals surface area (Å²) >= 11 is 1.56. The zero-order chi connectivity index (χ0) is 19.7. The average Bonchev–Trinajstić information content (AvgIpc) is 3.35. The summed E-state index contributed by atoms with van der Waals surface area (Å²) in [4.78, 5) is 19.8. The molecule has 0 radical (unpaired) electrons. The van der Waals surface area contributed by atoms with E-state index in [9.17, 15) is 4.79 Å². The Balaban J connectivity index is 1.71. The molecule has 0 saturated carbocycles. The third kappa shape index (κ3) is 3.71. The number of hydrogen-bond donors (Lipinski definition) is 0. The summed E-state index contributed by atoms with van der Waals surface area (Å²) in [6.07, 6.45) is 1.96. The lowest BCUT2D eigenvalue weighted by atomic mass is 10.1. The van der Waals surface area contributed by atoms with E-state index >= 15 is 0 Å². The molecule has 2 aromatic heterocycles. The molecule has 0 unspecified atom stereocenters. The Labute approximate surface area is 168 Å². The molecule has 0 aliphatic carbocycles. The van der Waals surface area contributed by atoms with E-state index in [1.807, 2.05) is 43.3 Å². The lowest BCUT2D eigenvalue weighted by Gasteiger charge is -2.19. The van der Waals surface area contributed by atoms with Crippen LogP contribution in [-0.4, -0.2) is 10.9 Å². The molecule has 4 aromatic rings. The largest absolute Gasteiger partial charge is 0.467 e. The first kappa shape index (κ1) is 18.4. The first-order chi connectivity index (χ1) is 13.5. The lowest BCUT2D eigenvalue weighted by Crippen LogP contribution is -2.31. The zero-order valence-electron chi connectivity index (χ0n) is 16.2. The van der Waals surface area contributed by atoms with Gasteiger partial charge in [0.25, 0.3) is 0 Å². The average molecular weight is 391 g/mol. The fourth-order valence-corrected chi connectivity index (χ4v) is 4.29. The molecule has 0 aliphatic heterocycles. The van der Waals surface area contributed by atoms with Gasteiger partial charge in [0.15, 0.2) is 5.13 Å². The van der Waals surface area contributed by atoms with Crippen LogP contribution in [0, 0.1) is 20.8 Å². The topological polar surface area (TPSA) is 46.3 Å². The lowest BCUT2D eigenvalue weighted by molar-refractivity contribution is -0.118. The molecule has 1 amide bonds. The van der Waals surface area contributed by atoms with Crippen molar-refractivity contribution in [1.29, 1.82) is 0 Å². The number of fused-ring (bicyclic) bond motifs is 1. The highest BCUT2D eigenvalue weighted by Crippen LogP contribution is 2.34. The van der Waals surface area contributed by atoms with Gasteiger partial charge in [-0.1, -0.05) is 53.3 Å². The van der Waals surface area contributed by atoms with E-state index < -0.39 is 0 Å². The van der Waals surface area contributed by atoms with Gasteiger partial charge < -0.3 is 4.42 Å². The van der Waals surface area contributed by atoms with E-state index in [2.05, 4.69) is 26.0 Å². The molecule has 4 rings (SSSR count). The maximum absolute atomic E-state index is 13.2. The van der Waals surface area contributed by atoms with Crippen LogP contribution in [0.2, 0.25) is 0 Å². The summed E-state index contributed by atoms with van der Waals surface area (Å²) in [5, 5.41) is 0.709. The molecule has 0 atom stereocenters. The van der Waals surface area contributed by atoms with Crippen molar-refractivity contribution in [2.75, 3.05) is 4.90 Å². The quantitative estimate of drug-likeness (QED) is 0.446. The van der Waals surface area contributed by atoms with Crippen LogP contribution in [0.1, 0.15) is 28.0 Å². The van der Waals surface area contributed by atoms with Crippen LogP contribution < -0.4 is 4.90 Å². The molecule has 0 N–H and O–H groups in total. The van der Waals surface area contributed by atoms with Crippen molar-refractivity contribution < 1.29 is 9.21 Å². The fourth-order valence-electron chi connectivity index (χ4n) is 3.16. The Morgan fingerprint density at radius 1 is 1.04 bits per heavy atom. The molecule has 2 heterocycles. The van der Waals surface area contributed by atoms with E-state index in [1.54, 1.807) is 22.5 Å². The summed E-state index contributed by atoms with van der Waals surface area (Å²) in [7, 11) is 0. The van der Waals surface area contributed by atoms with Crippen LogP contribution in [-0.2, 0) is 17.8 Å². The van der Waals surface area contributed by atoms with Crippen molar-refractivity contribution in [1.82, 2.24) is 4.98 Å². The predicted octanol–water partition coefficient (Wildman–Crippen LogP) is 5.59. The maximum Gasteiger partial charge on any atom is 0.233 e. The molecule has 0 aliphatic rings. The van der Waals surface area contributed by atoms with Gasteiger partial charge in [0.2, 0.25) is 5.91 Å². The van der Waals surface area contributed by atoms with Gasteiger partial charge in [-0.05, 0) is 49.6 Å². The van der Waals surface area contributed by atoms with Gasteiger partial charge >= 0.3 is 0 Å². The Morgan fingerprint density at radius 2 is 1.79 bits per heavy atom. The molecule has 2 aromatic carbocycles. The summed E-state index contributed by atoms with van der Waals surface area (Å²) < 4.78 is 6.63. The first-order valence-corrected chi connectivity index (χ1v) is 10.1. The number of thiazole rings is 1. The predicted molar refractivity (Wildman–Crippen MR) is 114 cm³/mol. The van der Waals surface area contributed by atoms with Gasteiger partial charge in [-0.25, -0.2) is 4.98 Å². The normalized spacial score (nSPS) is 11.1. The molecule has 4 nitrogen and oxygen atoms in total. The minimum absolute atomic E-state index is 0.00890. The summed E-state index contributed by atoms with van der Waals surface area (Å²) in [6, 6.07) is 16.0. The van der Waals surface area contributed by atoms with Crippen molar-refractivity contribution in [3.05, 3.63) is 82.8 Å². The van der Waals surface area contributed by atoms with Gasteiger partial charge in [0, 0.05) is 0 Å². The molecule has 0 saturated heterocycles. The van der Waals surface area contributed by atoms with Gasteiger partial charge in [-0.15, -0.1) is 0 Å². The number of nitrogens with zero attached hydrogens (tertiary/aromatic N) is 2. The Kier molecular flexibility index (Phi) is 5.01. The number of hydrogen-bond acceptors (Lipinski definition) is 4. The van der Waals surface area contributed by atoms with E-state index in [4.69, 9.17) is 9.40 Å². The fraction of sp³-hybridized carbons (Fsp3) is 0.217. The number of carbonyl (C=O) groups excluding carboxylic acids is 1. The summed E-state index contributed by atoms with van der Waals surface area (Å²) in [6.45, 7) is 6.54. The van der Waals surface area contributed by atoms with Crippen LogP contribution in [0.3, 0.4) is 0 Å². The highest BCUT2D eigenvalue weighted by molar-refractivity contribution is 7.22. The van der Waals surface area contributed by atoms with Crippen LogP contribution in [0.25, 0.3) is 10.2 Å². The van der Waals surface area contributed by atoms with Crippen molar-refractivity contribution in [3.8, 4) is 0 Å². The smallest absolute Gasteiger partial charge is 0.233 e. The monoisotopic (exact) mass is 390 g/mol. The number of rotatable bonds is 5. The van der Waals surface area contributed by atoms with Crippen molar-refractivity contribution in [2.45, 2.75) is 33.7 Å². The minimum atomic E-state index is 0.00890. The van der Waals surface area contributed by atoms with Crippen molar-refractivity contribution in [2.24, 2.45) is 0 Å². The van der Waals surface area contributed by atoms with Crippen LogP contribution >= 0.6 is 11.3 Å². The van der Waals surface area contributed by atoms with E-state index in [1.165, 1.54) is 11.1 Å². The second kappa shape index (κ2) is 7.60. The SMILES string of the molecule is Cc1ccc(CC(=O)N(Cc2ccco2)c2nc3c(C)ccc(C)c3s2)cc1. The van der Waals surface area contributed by atoms with Gasteiger partial charge in [0.1, 0.15) is 5.76 Å². The molecule has 0 spiro atoms. The Hall–Kier alpha value is -2.92.